The third kappa shape index (κ3) is 3.73. The van der Waals surface area contributed by atoms with E-state index in [1.54, 1.807) is 13.1 Å². The third-order valence-electron chi connectivity index (χ3n) is 4.82. The van der Waals surface area contributed by atoms with Crippen molar-refractivity contribution in [3.8, 4) is 0 Å². The maximum absolute atomic E-state index is 12.6. The SMILES string of the molecule is CNC(=O)C1CCN(c2cc(=O)c3cc(C)cc(CCBr)c3o2)CC1. The zero-order valence-electron chi connectivity index (χ0n) is 14.6. The monoisotopic (exact) mass is 406 g/mol. The van der Waals surface area contributed by atoms with Gasteiger partial charge < -0.3 is 14.6 Å². The van der Waals surface area contributed by atoms with Crippen molar-refractivity contribution >= 4 is 38.7 Å². The zero-order chi connectivity index (χ0) is 18.0. The summed E-state index contributed by atoms with van der Waals surface area (Å²) in [5.74, 6) is 0.738. The molecule has 2 aromatic rings. The van der Waals surface area contributed by atoms with Crippen molar-refractivity contribution in [3.05, 3.63) is 39.5 Å². The molecule has 1 amide bonds. The molecule has 1 aromatic carbocycles. The van der Waals surface area contributed by atoms with E-state index < -0.39 is 0 Å². The Morgan fingerprint density at radius 2 is 2.04 bits per heavy atom. The Bertz CT molecular complexity index is 838. The number of anilines is 1. The van der Waals surface area contributed by atoms with Gasteiger partial charge in [-0.3, -0.25) is 9.59 Å². The molecule has 1 fully saturated rings. The van der Waals surface area contributed by atoms with Gasteiger partial charge >= 0.3 is 0 Å². The number of amides is 1. The molecule has 0 atom stereocenters. The molecule has 0 bridgehead atoms. The molecule has 6 heteroatoms. The number of nitrogens with one attached hydrogen (secondary N) is 1. The van der Waals surface area contributed by atoms with Gasteiger partial charge in [0.2, 0.25) is 5.91 Å². The predicted octanol–water partition coefficient (Wildman–Crippen LogP) is 3.00. The lowest BCUT2D eigenvalue weighted by Gasteiger charge is -2.31. The second-order valence-electron chi connectivity index (χ2n) is 6.56. The molecule has 1 saturated heterocycles. The highest BCUT2D eigenvalue weighted by Crippen LogP contribution is 2.27. The first-order valence-corrected chi connectivity index (χ1v) is 9.75. The summed E-state index contributed by atoms with van der Waals surface area (Å²) in [7, 11) is 1.67. The number of alkyl halides is 1. The number of hydrogen-bond acceptors (Lipinski definition) is 4. The lowest BCUT2D eigenvalue weighted by molar-refractivity contribution is -0.125. The highest BCUT2D eigenvalue weighted by Gasteiger charge is 2.26. The number of benzene rings is 1. The van der Waals surface area contributed by atoms with E-state index in [1.165, 1.54) is 0 Å². The van der Waals surface area contributed by atoms with E-state index >= 15 is 0 Å². The minimum absolute atomic E-state index is 0.0100. The van der Waals surface area contributed by atoms with Crippen LogP contribution in [0.25, 0.3) is 11.0 Å². The van der Waals surface area contributed by atoms with Gasteiger partial charge in [0.1, 0.15) is 5.58 Å². The van der Waals surface area contributed by atoms with Gasteiger partial charge in [0.25, 0.3) is 0 Å². The fourth-order valence-corrected chi connectivity index (χ4v) is 3.91. The highest BCUT2D eigenvalue weighted by molar-refractivity contribution is 9.09. The fraction of sp³-hybridized carbons (Fsp3) is 0.474. The molecule has 0 radical (unpaired) electrons. The average Bonchev–Trinajstić information content (AvgIpc) is 2.62. The van der Waals surface area contributed by atoms with Crippen LogP contribution in [0.5, 0.6) is 0 Å². The molecule has 1 aliphatic rings. The van der Waals surface area contributed by atoms with E-state index in [9.17, 15) is 9.59 Å². The second kappa shape index (κ2) is 7.60. The standard InChI is InChI=1S/C19H23BrN2O3/c1-12-9-14(3-6-20)18-15(10-12)16(23)11-17(25-18)22-7-4-13(5-8-22)19(24)21-2/h9-11,13H,3-8H2,1-2H3,(H,21,24). The Balaban J connectivity index is 1.93. The molecule has 1 N–H and O–H groups in total. The molecule has 1 aromatic heterocycles. The van der Waals surface area contributed by atoms with Crippen LogP contribution >= 0.6 is 15.9 Å². The Labute approximate surface area is 155 Å². The molecule has 0 unspecified atom stereocenters. The summed E-state index contributed by atoms with van der Waals surface area (Å²) >= 11 is 3.47. The Hall–Kier alpha value is -1.82. The van der Waals surface area contributed by atoms with Crippen molar-refractivity contribution in [2.24, 2.45) is 5.92 Å². The molecule has 3 rings (SSSR count). The quantitative estimate of drug-likeness (QED) is 0.792. The topological polar surface area (TPSA) is 62.6 Å². The van der Waals surface area contributed by atoms with E-state index in [1.807, 2.05) is 13.0 Å². The van der Waals surface area contributed by atoms with Gasteiger partial charge in [-0.05, 0) is 43.4 Å². The van der Waals surface area contributed by atoms with Crippen LogP contribution in [-0.4, -0.2) is 31.4 Å². The van der Waals surface area contributed by atoms with Crippen LogP contribution < -0.4 is 15.6 Å². The number of halogens is 1. The number of rotatable bonds is 4. The molecule has 0 saturated carbocycles. The summed E-state index contributed by atoms with van der Waals surface area (Å²) in [4.78, 5) is 26.5. The minimum atomic E-state index is -0.0100. The van der Waals surface area contributed by atoms with Crippen molar-refractivity contribution in [2.75, 3.05) is 30.4 Å². The first-order valence-electron chi connectivity index (χ1n) is 8.63. The van der Waals surface area contributed by atoms with Crippen LogP contribution in [0.2, 0.25) is 0 Å². The number of hydrogen-bond donors (Lipinski definition) is 1. The number of carbonyl (C=O) groups is 1. The fourth-order valence-electron chi connectivity index (χ4n) is 3.49. The van der Waals surface area contributed by atoms with E-state index in [-0.39, 0.29) is 17.3 Å². The van der Waals surface area contributed by atoms with Gasteiger partial charge in [0.15, 0.2) is 11.3 Å². The molecule has 0 spiro atoms. The van der Waals surface area contributed by atoms with Crippen LogP contribution in [0.15, 0.2) is 27.4 Å². The number of nitrogens with zero attached hydrogens (tertiary/aromatic N) is 1. The molecule has 25 heavy (non-hydrogen) atoms. The summed E-state index contributed by atoms with van der Waals surface area (Å²) in [5.41, 5.74) is 2.78. The van der Waals surface area contributed by atoms with Gasteiger partial charge in [0.05, 0.1) is 5.39 Å². The molecular formula is C19H23BrN2O3. The molecule has 5 nitrogen and oxygen atoms in total. The summed E-state index contributed by atoms with van der Waals surface area (Å²) in [6.45, 7) is 3.42. The van der Waals surface area contributed by atoms with Crippen molar-refractivity contribution in [1.29, 1.82) is 0 Å². The van der Waals surface area contributed by atoms with Gasteiger partial charge in [-0.15, -0.1) is 0 Å². The normalized spacial score (nSPS) is 15.6. The molecule has 2 heterocycles. The van der Waals surface area contributed by atoms with Crippen LogP contribution in [0, 0.1) is 12.8 Å². The first-order chi connectivity index (χ1) is 12.0. The number of carbonyl (C=O) groups excluding carboxylic acids is 1. The molecular weight excluding hydrogens is 384 g/mol. The van der Waals surface area contributed by atoms with Crippen molar-refractivity contribution in [3.63, 3.8) is 0 Å². The van der Waals surface area contributed by atoms with Crippen LogP contribution in [0.1, 0.15) is 24.0 Å². The van der Waals surface area contributed by atoms with Crippen LogP contribution in [0.3, 0.4) is 0 Å². The predicted molar refractivity (Wildman–Crippen MR) is 104 cm³/mol. The van der Waals surface area contributed by atoms with Crippen molar-refractivity contribution < 1.29 is 9.21 Å². The molecule has 0 aliphatic carbocycles. The van der Waals surface area contributed by atoms with Gasteiger partial charge in [-0.2, -0.15) is 0 Å². The van der Waals surface area contributed by atoms with Gasteiger partial charge in [-0.25, -0.2) is 0 Å². The Kier molecular flexibility index (Phi) is 5.47. The van der Waals surface area contributed by atoms with Crippen molar-refractivity contribution in [1.82, 2.24) is 5.32 Å². The van der Waals surface area contributed by atoms with Crippen LogP contribution in [-0.2, 0) is 11.2 Å². The smallest absolute Gasteiger partial charge is 0.222 e. The highest BCUT2D eigenvalue weighted by atomic mass is 79.9. The number of piperidine rings is 1. The van der Waals surface area contributed by atoms with E-state index in [2.05, 4.69) is 32.2 Å². The summed E-state index contributed by atoms with van der Waals surface area (Å²) in [6.07, 6.45) is 2.34. The number of aryl methyl sites for hydroxylation is 2. The lowest BCUT2D eigenvalue weighted by atomic mass is 9.96. The maximum atomic E-state index is 12.6. The third-order valence-corrected chi connectivity index (χ3v) is 5.22. The van der Waals surface area contributed by atoms with Gasteiger partial charge in [0, 0.05) is 37.5 Å². The lowest BCUT2D eigenvalue weighted by Crippen LogP contribution is -2.39. The Morgan fingerprint density at radius 1 is 1.32 bits per heavy atom. The largest absolute Gasteiger partial charge is 0.440 e. The maximum Gasteiger partial charge on any atom is 0.222 e. The summed E-state index contributed by atoms with van der Waals surface area (Å²) < 4.78 is 6.15. The minimum Gasteiger partial charge on any atom is -0.440 e. The zero-order valence-corrected chi connectivity index (χ0v) is 16.2. The second-order valence-corrected chi connectivity index (χ2v) is 7.36. The van der Waals surface area contributed by atoms with E-state index in [0.717, 1.165) is 35.7 Å². The Morgan fingerprint density at radius 3 is 2.68 bits per heavy atom. The average molecular weight is 407 g/mol. The van der Waals surface area contributed by atoms with Crippen molar-refractivity contribution in [2.45, 2.75) is 26.2 Å². The van der Waals surface area contributed by atoms with E-state index in [4.69, 9.17) is 4.42 Å². The van der Waals surface area contributed by atoms with Gasteiger partial charge in [-0.1, -0.05) is 22.0 Å². The molecule has 134 valence electrons. The first kappa shape index (κ1) is 18.0. The summed E-state index contributed by atoms with van der Waals surface area (Å²) in [5, 5.41) is 4.17. The number of fused-ring (bicyclic) bond motifs is 1. The van der Waals surface area contributed by atoms with E-state index in [0.29, 0.717) is 29.9 Å². The van der Waals surface area contributed by atoms with Crippen LogP contribution in [0.4, 0.5) is 5.88 Å². The molecule has 1 aliphatic heterocycles. The summed E-state index contributed by atoms with van der Waals surface area (Å²) in [6, 6.07) is 5.55.